The molecule has 1 unspecified atom stereocenters. The number of aromatic carboxylic acids is 1. The van der Waals surface area contributed by atoms with E-state index in [1.165, 1.54) is 23.5 Å². The third-order valence-electron chi connectivity index (χ3n) is 3.34. The fourth-order valence-corrected chi connectivity index (χ4v) is 4.14. The highest BCUT2D eigenvalue weighted by Gasteiger charge is 2.28. The maximum absolute atomic E-state index is 12.6. The number of nitrogens with zero attached hydrogens (tertiary/aromatic N) is 1. The summed E-state index contributed by atoms with van der Waals surface area (Å²) in [6, 6.07) is 2.46. The third kappa shape index (κ3) is 3.21. The summed E-state index contributed by atoms with van der Waals surface area (Å²) in [5.74, 6) is -1.15. The van der Waals surface area contributed by atoms with E-state index in [0.29, 0.717) is 16.5 Å². The van der Waals surface area contributed by atoms with Crippen LogP contribution < -0.4 is 0 Å². The quantitative estimate of drug-likeness (QED) is 0.872. The van der Waals surface area contributed by atoms with Gasteiger partial charge in [-0.05, 0) is 53.9 Å². The van der Waals surface area contributed by atoms with Gasteiger partial charge in [-0.25, -0.2) is 13.2 Å². The van der Waals surface area contributed by atoms with Crippen molar-refractivity contribution < 1.29 is 18.3 Å². The first-order chi connectivity index (χ1) is 9.12. The Morgan fingerprint density at radius 2 is 2.00 bits per heavy atom. The molecule has 0 radical (unpaired) electrons. The SMILES string of the molecule is CCC(C)N(C)S(=O)(=O)c1cc(C(=O)O)cc(C)c1Br. The first kappa shape index (κ1) is 17.1. The van der Waals surface area contributed by atoms with Crippen LogP contribution in [0.15, 0.2) is 21.5 Å². The molecule has 0 saturated heterocycles. The zero-order valence-corrected chi connectivity index (χ0v) is 14.2. The Labute approximate surface area is 127 Å². The molecule has 5 nitrogen and oxygen atoms in total. The predicted molar refractivity (Wildman–Crippen MR) is 80.5 cm³/mol. The molecule has 0 bridgehead atoms. The summed E-state index contributed by atoms with van der Waals surface area (Å²) in [6.45, 7) is 5.36. The molecule has 0 fully saturated rings. The van der Waals surface area contributed by atoms with Gasteiger partial charge in [0.05, 0.1) is 10.5 Å². The molecule has 0 aliphatic rings. The summed E-state index contributed by atoms with van der Waals surface area (Å²) in [7, 11) is -2.24. The zero-order chi connectivity index (χ0) is 15.7. The van der Waals surface area contributed by atoms with Gasteiger partial charge in [0.1, 0.15) is 0 Å². The maximum atomic E-state index is 12.6. The fourth-order valence-electron chi connectivity index (χ4n) is 1.70. The number of benzene rings is 1. The fraction of sp³-hybridized carbons (Fsp3) is 0.462. The van der Waals surface area contributed by atoms with Crippen LogP contribution in [0.2, 0.25) is 0 Å². The molecule has 0 aromatic heterocycles. The van der Waals surface area contributed by atoms with Crippen molar-refractivity contribution in [2.24, 2.45) is 0 Å². The smallest absolute Gasteiger partial charge is 0.335 e. The lowest BCUT2D eigenvalue weighted by molar-refractivity contribution is 0.0696. The first-order valence-corrected chi connectivity index (χ1v) is 8.37. The molecule has 1 rings (SSSR count). The summed E-state index contributed by atoms with van der Waals surface area (Å²) in [6.07, 6.45) is 0.672. The molecule has 1 aromatic carbocycles. The standard InChI is InChI=1S/C13H18BrNO4S/c1-5-9(3)15(4)20(18,19)11-7-10(13(16)17)6-8(2)12(11)14/h6-7,9H,5H2,1-4H3,(H,16,17). The van der Waals surface area contributed by atoms with Crippen LogP contribution in [0, 0.1) is 6.92 Å². The van der Waals surface area contributed by atoms with Gasteiger partial charge in [0, 0.05) is 17.6 Å². The average molecular weight is 364 g/mol. The van der Waals surface area contributed by atoms with Crippen molar-refractivity contribution >= 4 is 31.9 Å². The molecular weight excluding hydrogens is 346 g/mol. The Morgan fingerprint density at radius 1 is 1.45 bits per heavy atom. The number of sulfonamides is 1. The number of carboxylic acids is 1. The lowest BCUT2D eigenvalue weighted by Crippen LogP contribution is -2.35. The minimum absolute atomic E-state index is 0.0160. The summed E-state index contributed by atoms with van der Waals surface area (Å²) in [4.78, 5) is 11.1. The van der Waals surface area contributed by atoms with E-state index in [1.54, 1.807) is 13.8 Å². The Kier molecular flexibility index (Phi) is 5.34. The van der Waals surface area contributed by atoms with Crippen molar-refractivity contribution in [2.75, 3.05) is 7.05 Å². The number of hydrogen-bond acceptors (Lipinski definition) is 3. The van der Waals surface area contributed by atoms with Crippen molar-refractivity contribution in [3.05, 3.63) is 27.7 Å². The number of carbonyl (C=O) groups is 1. The van der Waals surface area contributed by atoms with Gasteiger partial charge >= 0.3 is 5.97 Å². The van der Waals surface area contributed by atoms with E-state index in [0.717, 1.165) is 0 Å². The molecule has 7 heteroatoms. The van der Waals surface area contributed by atoms with Crippen molar-refractivity contribution in [1.29, 1.82) is 0 Å². The molecule has 0 aliphatic heterocycles. The molecule has 20 heavy (non-hydrogen) atoms. The number of carboxylic acid groups (broad SMARTS) is 1. The molecule has 0 heterocycles. The highest BCUT2D eigenvalue weighted by atomic mass is 79.9. The van der Waals surface area contributed by atoms with Gasteiger partial charge < -0.3 is 5.11 Å². The van der Waals surface area contributed by atoms with E-state index < -0.39 is 16.0 Å². The lowest BCUT2D eigenvalue weighted by atomic mass is 10.1. The van der Waals surface area contributed by atoms with E-state index in [1.807, 2.05) is 6.92 Å². The molecular formula is C13H18BrNO4S. The monoisotopic (exact) mass is 363 g/mol. The molecule has 0 spiro atoms. The van der Waals surface area contributed by atoms with E-state index in [4.69, 9.17) is 5.11 Å². The number of halogens is 1. The van der Waals surface area contributed by atoms with Gasteiger partial charge in [0.2, 0.25) is 10.0 Å². The Morgan fingerprint density at radius 3 is 2.45 bits per heavy atom. The molecule has 1 atom stereocenters. The minimum Gasteiger partial charge on any atom is -0.478 e. The van der Waals surface area contributed by atoms with Gasteiger partial charge in [-0.3, -0.25) is 0 Å². The normalized spacial score (nSPS) is 13.5. The topological polar surface area (TPSA) is 74.7 Å². The van der Waals surface area contributed by atoms with Crippen LogP contribution in [0.25, 0.3) is 0 Å². The maximum Gasteiger partial charge on any atom is 0.335 e. The zero-order valence-electron chi connectivity index (χ0n) is 11.8. The van der Waals surface area contributed by atoms with E-state index in [2.05, 4.69) is 15.9 Å². The van der Waals surface area contributed by atoms with Gasteiger partial charge in [-0.1, -0.05) is 6.92 Å². The molecule has 0 saturated carbocycles. The summed E-state index contributed by atoms with van der Waals surface area (Å²) in [5.41, 5.74) is 0.530. The van der Waals surface area contributed by atoms with Crippen LogP contribution in [-0.2, 0) is 10.0 Å². The summed E-state index contributed by atoms with van der Waals surface area (Å²) < 4.78 is 26.8. The predicted octanol–water partition coefficient (Wildman–Crippen LogP) is 2.87. The third-order valence-corrected chi connectivity index (χ3v) is 6.65. The summed E-state index contributed by atoms with van der Waals surface area (Å²) in [5, 5.41) is 9.06. The van der Waals surface area contributed by atoms with Crippen LogP contribution in [0.5, 0.6) is 0 Å². The highest BCUT2D eigenvalue weighted by molar-refractivity contribution is 9.10. The largest absolute Gasteiger partial charge is 0.478 e. The molecule has 1 N–H and O–H groups in total. The van der Waals surface area contributed by atoms with Gasteiger partial charge in [-0.2, -0.15) is 4.31 Å². The van der Waals surface area contributed by atoms with Gasteiger partial charge in [0.25, 0.3) is 0 Å². The first-order valence-electron chi connectivity index (χ1n) is 6.14. The number of rotatable bonds is 5. The Bertz CT molecular complexity index is 628. The Balaban J connectivity index is 3.49. The number of hydrogen-bond donors (Lipinski definition) is 1. The Hall–Kier alpha value is -0.920. The minimum atomic E-state index is -3.74. The second kappa shape index (κ2) is 6.24. The second-order valence-electron chi connectivity index (χ2n) is 4.69. The van der Waals surface area contributed by atoms with Crippen molar-refractivity contribution in [1.82, 2.24) is 4.31 Å². The van der Waals surface area contributed by atoms with Crippen LogP contribution in [-0.4, -0.2) is 36.9 Å². The van der Waals surface area contributed by atoms with Gasteiger partial charge in [0.15, 0.2) is 0 Å². The van der Waals surface area contributed by atoms with Gasteiger partial charge in [-0.15, -0.1) is 0 Å². The molecule has 1 aromatic rings. The van der Waals surface area contributed by atoms with Crippen LogP contribution in [0.3, 0.4) is 0 Å². The summed E-state index contributed by atoms with van der Waals surface area (Å²) >= 11 is 3.24. The molecule has 112 valence electrons. The van der Waals surface area contributed by atoms with Crippen molar-refractivity contribution in [2.45, 2.75) is 38.1 Å². The van der Waals surface area contributed by atoms with Crippen molar-refractivity contribution in [3.8, 4) is 0 Å². The van der Waals surface area contributed by atoms with Crippen LogP contribution in [0.1, 0.15) is 36.2 Å². The highest BCUT2D eigenvalue weighted by Crippen LogP contribution is 2.30. The van der Waals surface area contributed by atoms with E-state index >= 15 is 0 Å². The van der Waals surface area contributed by atoms with Crippen molar-refractivity contribution in [3.63, 3.8) is 0 Å². The van der Waals surface area contributed by atoms with E-state index in [-0.39, 0.29) is 16.5 Å². The lowest BCUT2D eigenvalue weighted by Gasteiger charge is -2.24. The number of aryl methyl sites for hydroxylation is 1. The van der Waals surface area contributed by atoms with Crippen LogP contribution in [0.4, 0.5) is 0 Å². The van der Waals surface area contributed by atoms with E-state index in [9.17, 15) is 13.2 Å². The molecule has 0 aliphatic carbocycles. The average Bonchev–Trinajstić information content (AvgIpc) is 2.39. The second-order valence-corrected chi connectivity index (χ2v) is 7.45. The van der Waals surface area contributed by atoms with Crippen LogP contribution >= 0.6 is 15.9 Å². The molecule has 0 amide bonds.